The van der Waals surface area contributed by atoms with Crippen molar-refractivity contribution in [3.63, 3.8) is 0 Å². The van der Waals surface area contributed by atoms with Gasteiger partial charge in [-0.15, -0.1) is 0 Å². The molecule has 4 heteroatoms. The maximum absolute atomic E-state index is 10.4. The topological polar surface area (TPSA) is 46.1 Å². The Morgan fingerprint density at radius 3 is 2.43 bits per heavy atom. The van der Waals surface area contributed by atoms with Crippen molar-refractivity contribution >= 4 is 12.2 Å². The standard InChI is InChI=1S/C10H15N3O/c1-8(2)6-13(3)10-11-4-9(7-14)5-12-10/h4-5,7-8H,6H2,1-3H3. The van der Waals surface area contributed by atoms with Gasteiger partial charge < -0.3 is 4.90 Å². The molecule has 1 aromatic heterocycles. The van der Waals surface area contributed by atoms with Gasteiger partial charge in [0.25, 0.3) is 0 Å². The molecule has 0 spiro atoms. The van der Waals surface area contributed by atoms with E-state index in [9.17, 15) is 4.79 Å². The van der Waals surface area contributed by atoms with Gasteiger partial charge in [-0.05, 0) is 5.92 Å². The molecule has 0 saturated heterocycles. The molecule has 4 nitrogen and oxygen atoms in total. The highest BCUT2D eigenvalue weighted by atomic mass is 16.1. The molecule has 0 aliphatic rings. The summed E-state index contributed by atoms with van der Waals surface area (Å²) in [5.41, 5.74) is 0.506. The molecular weight excluding hydrogens is 178 g/mol. The minimum absolute atomic E-state index is 0.506. The van der Waals surface area contributed by atoms with E-state index in [2.05, 4.69) is 23.8 Å². The zero-order valence-corrected chi connectivity index (χ0v) is 8.77. The summed E-state index contributed by atoms with van der Waals surface area (Å²) in [5, 5.41) is 0. The van der Waals surface area contributed by atoms with Crippen molar-refractivity contribution in [3.8, 4) is 0 Å². The smallest absolute Gasteiger partial charge is 0.225 e. The maximum Gasteiger partial charge on any atom is 0.225 e. The molecule has 0 fully saturated rings. The van der Waals surface area contributed by atoms with Gasteiger partial charge in [-0.2, -0.15) is 0 Å². The van der Waals surface area contributed by atoms with Crippen LogP contribution in [-0.2, 0) is 0 Å². The van der Waals surface area contributed by atoms with Gasteiger partial charge in [-0.3, -0.25) is 4.79 Å². The summed E-state index contributed by atoms with van der Waals surface area (Å²) >= 11 is 0. The molecule has 0 bridgehead atoms. The first kappa shape index (κ1) is 10.6. The molecule has 1 heterocycles. The molecule has 0 aromatic carbocycles. The lowest BCUT2D eigenvalue weighted by atomic mass is 10.2. The van der Waals surface area contributed by atoms with E-state index in [0.717, 1.165) is 12.8 Å². The molecule has 0 saturated carbocycles. The number of hydrogen-bond acceptors (Lipinski definition) is 4. The van der Waals surface area contributed by atoms with E-state index in [0.29, 0.717) is 17.4 Å². The number of carbonyl (C=O) groups is 1. The Balaban J connectivity index is 2.71. The highest BCUT2D eigenvalue weighted by Gasteiger charge is 2.05. The Labute approximate surface area is 84.0 Å². The fourth-order valence-corrected chi connectivity index (χ4v) is 1.22. The Hall–Kier alpha value is -1.45. The van der Waals surface area contributed by atoms with Crippen LogP contribution in [0, 0.1) is 5.92 Å². The van der Waals surface area contributed by atoms with Gasteiger partial charge in [0, 0.05) is 26.0 Å². The second-order valence-electron chi connectivity index (χ2n) is 3.71. The molecule has 1 aromatic rings. The normalized spacial score (nSPS) is 10.3. The van der Waals surface area contributed by atoms with E-state index in [4.69, 9.17) is 0 Å². The number of carbonyl (C=O) groups excluding carboxylic acids is 1. The largest absolute Gasteiger partial charge is 0.344 e. The fourth-order valence-electron chi connectivity index (χ4n) is 1.22. The fraction of sp³-hybridized carbons (Fsp3) is 0.500. The molecule has 0 aliphatic carbocycles. The summed E-state index contributed by atoms with van der Waals surface area (Å²) in [5.74, 6) is 1.22. The summed E-state index contributed by atoms with van der Waals surface area (Å²) in [4.78, 5) is 20.5. The van der Waals surface area contributed by atoms with Crippen LogP contribution in [-0.4, -0.2) is 29.8 Å². The van der Waals surface area contributed by atoms with Crippen LogP contribution in [0.2, 0.25) is 0 Å². The molecule has 0 atom stereocenters. The van der Waals surface area contributed by atoms with Gasteiger partial charge in [0.1, 0.15) is 0 Å². The van der Waals surface area contributed by atoms with Crippen molar-refractivity contribution in [2.45, 2.75) is 13.8 Å². The Morgan fingerprint density at radius 1 is 1.43 bits per heavy atom. The number of aromatic nitrogens is 2. The number of aldehydes is 1. The van der Waals surface area contributed by atoms with Gasteiger partial charge >= 0.3 is 0 Å². The van der Waals surface area contributed by atoms with E-state index in [-0.39, 0.29) is 0 Å². The number of hydrogen-bond donors (Lipinski definition) is 0. The van der Waals surface area contributed by atoms with E-state index in [1.165, 1.54) is 12.4 Å². The summed E-state index contributed by atoms with van der Waals surface area (Å²) in [7, 11) is 1.94. The second-order valence-corrected chi connectivity index (χ2v) is 3.71. The lowest BCUT2D eigenvalue weighted by Crippen LogP contribution is -2.24. The lowest BCUT2D eigenvalue weighted by molar-refractivity contribution is 0.112. The quantitative estimate of drug-likeness (QED) is 0.678. The zero-order chi connectivity index (χ0) is 10.6. The average Bonchev–Trinajstić information content (AvgIpc) is 2.17. The van der Waals surface area contributed by atoms with Gasteiger partial charge in [-0.25, -0.2) is 9.97 Å². The molecule has 0 amide bonds. The monoisotopic (exact) mass is 193 g/mol. The average molecular weight is 193 g/mol. The number of rotatable bonds is 4. The predicted molar refractivity (Wildman–Crippen MR) is 55.5 cm³/mol. The molecule has 0 radical (unpaired) electrons. The SMILES string of the molecule is CC(C)CN(C)c1ncc(C=O)cn1. The first-order valence-corrected chi connectivity index (χ1v) is 4.62. The third-order valence-electron chi connectivity index (χ3n) is 1.77. The van der Waals surface area contributed by atoms with Crippen LogP contribution in [0.4, 0.5) is 5.95 Å². The van der Waals surface area contributed by atoms with Gasteiger partial charge in [0.05, 0.1) is 5.56 Å². The highest BCUT2D eigenvalue weighted by molar-refractivity contribution is 5.73. The molecule has 1 rings (SSSR count). The maximum atomic E-state index is 10.4. The van der Waals surface area contributed by atoms with Crippen molar-refractivity contribution in [3.05, 3.63) is 18.0 Å². The summed E-state index contributed by atoms with van der Waals surface area (Å²) in [6.45, 7) is 5.17. The van der Waals surface area contributed by atoms with Crippen LogP contribution in [0.15, 0.2) is 12.4 Å². The second kappa shape index (κ2) is 4.69. The van der Waals surface area contributed by atoms with Gasteiger partial charge in [0.15, 0.2) is 6.29 Å². The first-order chi connectivity index (χ1) is 6.63. The van der Waals surface area contributed by atoms with Crippen molar-refractivity contribution in [1.82, 2.24) is 9.97 Å². The van der Waals surface area contributed by atoms with Crippen LogP contribution in [0.3, 0.4) is 0 Å². The van der Waals surface area contributed by atoms with Crippen LogP contribution < -0.4 is 4.90 Å². The van der Waals surface area contributed by atoms with Crippen LogP contribution in [0.5, 0.6) is 0 Å². The number of anilines is 1. The molecular formula is C10H15N3O. The van der Waals surface area contributed by atoms with Crippen molar-refractivity contribution in [1.29, 1.82) is 0 Å². The zero-order valence-electron chi connectivity index (χ0n) is 8.77. The van der Waals surface area contributed by atoms with Crippen LogP contribution in [0.25, 0.3) is 0 Å². The van der Waals surface area contributed by atoms with Crippen LogP contribution in [0.1, 0.15) is 24.2 Å². The third-order valence-corrected chi connectivity index (χ3v) is 1.77. The lowest BCUT2D eigenvalue weighted by Gasteiger charge is -2.18. The summed E-state index contributed by atoms with van der Waals surface area (Å²) in [6, 6.07) is 0. The highest BCUT2D eigenvalue weighted by Crippen LogP contribution is 2.06. The Kier molecular flexibility index (Phi) is 3.56. The third kappa shape index (κ3) is 2.80. The predicted octanol–water partition coefficient (Wildman–Crippen LogP) is 1.38. The van der Waals surface area contributed by atoms with E-state index >= 15 is 0 Å². The van der Waals surface area contributed by atoms with E-state index in [1.807, 2.05) is 11.9 Å². The Morgan fingerprint density at radius 2 is 2.00 bits per heavy atom. The number of nitrogens with zero attached hydrogens (tertiary/aromatic N) is 3. The Bertz CT molecular complexity index is 295. The molecule has 0 unspecified atom stereocenters. The molecule has 0 N–H and O–H groups in total. The molecule has 0 aliphatic heterocycles. The van der Waals surface area contributed by atoms with Gasteiger partial charge in [0.2, 0.25) is 5.95 Å². The minimum Gasteiger partial charge on any atom is -0.344 e. The molecule has 76 valence electrons. The molecule has 14 heavy (non-hydrogen) atoms. The van der Waals surface area contributed by atoms with Crippen molar-refractivity contribution in [2.24, 2.45) is 5.92 Å². The van der Waals surface area contributed by atoms with E-state index < -0.39 is 0 Å². The summed E-state index contributed by atoms with van der Waals surface area (Å²) in [6.07, 6.45) is 3.81. The van der Waals surface area contributed by atoms with Crippen LogP contribution >= 0.6 is 0 Å². The van der Waals surface area contributed by atoms with Gasteiger partial charge in [-0.1, -0.05) is 13.8 Å². The first-order valence-electron chi connectivity index (χ1n) is 4.62. The van der Waals surface area contributed by atoms with Crippen molar-refractivity contribution in [2.75, 3.05) is 18.5 Å². The minimum atomic E-state index is 0.506. The summed E-state index contributed by atoms with van der Waals surface area (Å²) < 4.78 is 0. The van der Waals surface area contributed by atoms with E-state index in [1.54, 1.807) is 0 Å². The van der Waals surface area contributed by atoms with Crippen molar-refractivity contribution < 1.29 is 4.79 Å².